The number of hydrogen-bond donors (Lipinski definition) is 2. The number of amides is 4. The molecule has 1 aromatic carbocycles. The minimum Gasteiger partial charge on any atom is -0.497 e. The first kappa shape index (κ1) is 21.1. The van der Waals surface area contributed by atoms with Gasteiger partial charge in [0.05, 0.1) is 33.3 Å². The average molecular weight is 404 g/mol. The highest BCUT2D eigenvalue weighted by Gasteiger charge is 2.38. The highest BCUT2D eigenvalue weighted by atomic mass is 16.5. The normalized spacial score (nSPS) is 19.9. The molecule has 1 atom stereocenters. The lowest BCUT2D eigenvalue weighted by atomic mass is 10.1. The lowest BCUT2D eigenvalue weighted by molar-refractivity contribution is -0.131. The van der Waals surface area contributed by atoms with Crippen LogP contribution in [0.1, 0.15) is 18.4 Å². The predicted octanol–water partition coefficient (Wildman–Crippen LogP) is 0.344. The van der Waals surface area contributed by atoms with Crippen LogP contribution in [0.25, 0.3) is 0 Å². The number of urea groups is 1. The van der Waals surface area contributed by atoms with Gasteiger partial charge in [-0.15, -0.1) is 0 Å². The first-order valence-electron chi connectivity index (χ1n) is 9.88. The Morgan fingerprint density at radius 1 is 1.24 bits per heavy atom. The molecule has 2 saturated heterocycles. The predicted molar refractivity (Wildman–Crippen MR) is 105 cm³/mol. The minimum absolute atomic E-state index is 0.0543. The fraction of sp³-hybridized carbons (Fsp3) is 0.550. The third-order valence-corrected chi connectivity index (χ3v) is 5.07. The van der Waals surface area contributed by atoms with E-state index in [9.17, 15) is 14.4 Å². The number of ether oxygens (including phenoxy) is 2. The van der Waals surface area contributed by atoms with Crippen molar-refractivity contribution in [2.24, 2.45) is 0 Å². The molecule has 0 aliphatic carbocycles. The molecule has 4 amide bonds. The van der Waals surface area contributed by atoms with Gasteiger partial charge in [-0.05, 0) is 30.7 Å². The second-order valence-corrected chi connectivity index (χ2v) is 7.14. The Hall–Kier alpha value is -2.65. The summed E-state index contributed by atoms with van der Waals surface area (Å²) in [5.41, 5.74) is 0.808. The van der Waals surface area contributed by atoms with E-state index in [1.165, 1.54) is 0 Å². The molecule has 9 nitrogen and oxygen atoms in total. The number of hydrogen-bond acceptors (Lipinski definition) is 6. The number of carbonyl (C=O) groups excluding carboxylic acids is 3. The van der Waals surface area contributed by atoms with Crippen LogP contribution in [-0.4, -0.2) is 80.2 Å². The van der Waals surface area contributed by atoms with Gasteiger partial charge in [-0.25, -0.2) is 4.79 Å². The first-order chi connectivity index (χ1) is 14.1. The molecule has 0 aromatic heterocycles. The summed E-state index contributed by atoms with van der Waals surface area (Å²) in [6.45, 7) is 4.94. The van der Waals surface area contributed by atoms with E-state index in [4.69, 9.17) is 9.47 Å². The van der Waals surface area contributed by atoms with Crippen LogP contribution >= 0.6 is 0 Å². The first-order valence-corrected chi connectivity index (χ1v) is 9.88. The van der Waals surface area contributed by atoms with Crippen molar-refractivity contribution in [3.63, 3.8) is 0 Å². The highest BCUT2D eigenvalue weighted by Crippen LogP contribution is 2.17. The van der Waals surface area contributed by atoms with E-state index in [0.717, 1.165) is 49.7 Å². The zero-order chi connectivity index (χ0) is 20.6. The largest absolute Gasteiger partial charge is 0.497 e. The molecule has 2 N–H and O–H groups in total. The SMILES string of the molecule is COc1ccc(CN2C(=O)N[C@@H](CC(=O)NCCCN3CCOCC3)C2=O)cc1. The molecular formula is C20H28N4O5. The van der Waals surface area contributed by atoms with Gasteiger partial charge < -0.3 is 20.1 Å². The molecule has 9 heteroatoms. The Kier molecular flexibility index (Phi) is 7.42. The molecule has 2 fully saturated rings. The molecule has 2 aliphatic rings. The number of benzene rings is 1. The van der Waals surface area contributed by atoms with E-state index >= 15 is 0 Å². The van der Waals surface area contributed by atoms with Crippen LogP contribution in [0.3, 0.4) is 0 Å². The number of nitrogens with zero attached hydrogens (tertiary/aromatic N) is 2. The van der Waals surface area contributed by atoms with Gasteiger partial charge in [0.25, 0.3) is 5.91 Å². The second kappa shape index (κ2) is 10.2. The number of morpholine rings is 1. The van der Waals surface area contributed by atoms with Crippen LogP contribution in [0.2, 0.25) is 0 Å². The second-order valence-electron chi connectivity index (χ2n) is 7.14. The molecular weight excluding hydrogens is 376 g/mol. The molecule has 1 aromatic rings. The molecule has 0 saturated carbocycles. The lowest BCUT2D eigenvalue weighted by Crippen LogP contribution is -2.39. The summed E-state index contributed by atoms with van der Waals surface area (Å²) in [6, 6.07) is 5.85. The van der Waals surface area contributed by atoms with E-state index in [0.29, 0.717) is 12.3 Å². The van der Waals surface area contributed by atoms with Crippen molar-refractivity contribution in [1.29, 1.82) is 0 Å². The number of methoxy groups -OCH3 is 1. The summed E-state index contributed by atoms with van der Waals surface area (Å²) in [7, 11) is 1.57. The van der Waals surface area contributed by atoms with E-state index in [2.05, 4.69) is 15.5 Å². The van der Waals surface area contributed by atoms with Crippen LogP contribution in [0.5, 0.6) is 5.75 Å². The third kappa shape index (κ3) is 5.91. The van der Waals surface area contributed by atoms with E-state index in [-0.39, 0.29) is 24.8 Å². The highest BCUT2D eigenvalue weighted by molar-refractivity contribution is 6.05. The summed E-state index contributed by atoms with van der Waals surface area (Å²) in [5, 5.41) is 5.43. The summed E-state index contributed by atoms with van der Waals surface area (Å²) in [5.74, 6) is 0.0836. The van der Waals surface area contributed by atoms with E-state index in [1.54, 1.807) is 31.4 Å². The number of imide groups is 1. The van der Waals surface area contributed by atoms with Gasteiger partial charge in [0.2, 0.25) is 5.91 Å². The Bertz CT molecular complexity index is 718. The quantitative estimate of drug-likeness (QED) is 0.455. The summed E-state index contributed by atoms with van der Waals surface area (Å²) < 4.78 is 10.4. The molecule has 2 aliphatic heterocycles. The van der Waals surface area contributed by atoms with Crippen LogP contribution in [0, 0.1) is 0 Å². The molecule has 0 bridgehead atoms. The maximum atomic E-state index is 12.5. The molecule has 29 heavy (non-hydrogen) atoms. The fourth-order valence-corrected chi connectivity index (χ4v) is 3.39. The van der Waals surface area contributed by atoms with E-state index in [1.807, 2.05) is 0 Å². The Morgan fingerprint density at radius 3 is 2.66 bits per heavy atom. The molecule has 0 unspecified atom stereocenters. The Labute approximate surface area is 170 Å². The van der Waals surface area contributed by atoms with Crippen molar-refractivity contribution in [1.82, 2.24) is 20.4 Å². The van der Waals surface area contributed by atoms with Crippen LogP contribution < -0.4 is 15.4 Å². The molecule has 0 spiro atoms. The van der Waals surface area contributed by atoms with Crippen molar-refractivity contribution >= 4 is 17.8 Å². The monoisotopic (exact) mass is 404 g/mol. The maximum absolute atomic E-state index is 12.5. The van der Waals surface area contributed by atoms with Crippen molar-refractivity contribution < 1.29 is 23.9 Å². The molecule has 2 heterocycles. The summed E-state index contributed by atoms with van der Waals surface area (Å²) >= 11 is 0. The average Bonchev–Trinajstić information content (AvgIpc) is 3.00. The van der Waals surface area contributed by atoms with Crippen molar-refractivity contribution in [3.05, 3.63) is 29.8 Å². The smallest absolute Gasteiger partial charge is 0.325 e. The zero-order valence-corrected chi connectivity index (χ0v) is 16.7. The standard InChI is InChI=1S/C20H28N4O5/c1-28-16-5-3-15(4-6-16)14-24-19(26)17(22-20(24)27)13-18(25)21-7-2-8-23-9-11-29-12-10-23/h3-6,17H,2,7-14H2,1H3,(H,21,25)(H,22,27)/t17-/m0/s1. The van der Waals surface area contributed by atoms with Crippen molar-refractivity contribution in [2.45, 2.75) is 25.4 Å². The maximum Gasteiger partial charge on any atom is 0.325 e. The zero-order valence-electron chi connectivity index (χ0n) is 16.7. The Balaban J connectivity index is 1.40. The summed E-state index contributed by atoms with van der Waals surface area (Å²) in [4.78, 5) is 40.3. The molecule has 158 valence electrons. The van der Waals surface area contributed by atoms with Gasteiger partial charge in [-0.1, -0.05) is 12.1 Å². The topological polar surface area (TPSA) is 100 Å². The molecule has 3 rings (SSSR count). The summed E-state index contributed by atoms with van der Waals surface area (Å²) in [6.07, 6.45) is 0.779. The molecule has 0 radical (unpaired) electrons. The van der Waals surface area contributed by atoms with Crippen molar-refractivity contribution in [2.75, 3.05) is 46.5 Å². The van der Waals surface area contributed by atoms with Gasteiger partial charge in [0.15, 0.2) is 0 Å². The lowest BCUT2D eigenvalue weighted by Gasteiger charge is -2.26. The number of rotatable bonds is 9. The number of nitrogens with one attached hydrogen (secondary N) is 2. The van der Waals surface area contributed by atoms with Gasteiger partial charge in [-0.3, -0.25) is 19.4 Å². The Morgan fingerprint density at radius 2 is 1.97 bits per heavy atom. The van der Waals surface area contributed by atoms with Crippen LogP contribution in [0.15, 0.2) is 24.3 Å². The van der Waals surface area contributed by atoms with Gasteiger partial charge >= 0.3 is 6.03 Å². The van der Waals surface area contributed by atoms with Gasteiger partial charge in [0, 0.05) is 19.6 Å². The van der Waals surface area contributed by atoms with Crippen LogP contribution in [0.4, 0.5) is 4.79 Å². The van der Waals surface area contributed by atoms with Gasteiger partial charge in [-0.2, -0.15) is 0 Å². The van der Waals surface area contributed by atoms with Crippen LogP contribution in [-0.2, 0) is 20.9 Å². The number of carbonyl (C=O) groups is 3. The fourth-order valence-electron chi connectivity index (χ4n) is 3.39. The minimum atomic E-state index is -0.819. The van der Waals surface area contributed by atoms with Crippen molar-refractivity contribution in [3.8, 4) is 5.75 Å². The third-order valence-electron chi connectivity index (χ3n) is 5.07. The van der Waals surface area contributed by atoms with E-state index < -0.39 is 12.1 Å². The van der Waals surface area contributed by atoms with Gasteiger partial charge in [0.1, 0.15) is 11.8 Å².